The van der Waals surface area contributed by atoms with E-state index in [1.54, 1.807) is 0 Å². The van der Waals surface area contributed by atoms with Crippen LogP contribution < -0.4 is 0 Å². The summed E-state index contributed by atoms with van der Waals surface area (Å²) in [6.45, 7) is 2.00. The molecular weight excluding hydrogens is 258 g/mol. The molecule has 1 aliphatic carbocycles. The van der Waals surface area contributed by atoms with Gasteiger partial charge in [0.25, 0.3) is 0 Å². The van der Waals surface area contributed by atoms with Gasteiger partial charge in [0.05, 0.1) is 5.52 Å². The Bertz CT molecular complexity index is 880. The smallest absolute Gasteiger partial charge is 0.163 e. The van der Waals surface area contributed by atoms with Crippen molar-refractivity contribution in [1.29, 1.82) is 0 Å². The zero-order valence-electron chi connectivity index (χ0n) is 11.9. The molecule has 0 saturated heterocycles. The predicted octanol–water partition coefficient (Wildman–Crippen LogP) is 4.34. The summed E-state index contributed by atoms with van der Waals surface area (Å²) >= 11 is 0. The third-order valence-corrected chi connectivity index (χ3v) is 4.19. The average molecular weight is 273 g/mol. The van der Waals surface area contributed by atoms with Crippen LogP contribution in [0.3, 0.4) is 0 Å². The molecule has 2 aromatic carbocycles. The molecule has 2 nitrogen and oxygen atoms in total. The molecule has 0 bridgehead atoms. The Balaban J connectivity index is 1.83. The molecule has 4 rings (SSSR count). The van der Waals surface area contributed by atoms with E-state index < -0.39 is 0 Å². The summed E-state index contributed by atoms with van der Waals surface area (Å²) in [6, 6.07) is 16.7. The number of fused-ring (bicyclic) bond motifs is 2. The van der Waals surface area contributed by atoms with E-state index in [1.807, 2.05) is 25.1 Å². The van der Waals surface area contributed by atoms with Crippen LogP contribution in [0.4, 0.5) is 0 Å². The van der Waals surface area contributed by atoms with Crippen LogP contribution in [0.15, 0.2) is 48.5 Å². The minimum Gasteiger partial charge on any atom is -0.294 e. The predicted molar refractivity (Wildman–Crippen MR) is 84.6 cm³/mol. The third-order valence-electron chi connectivity index (χ3n) is 4.19. The number of hydrogen-bond acceptors (Lipinski definition) is 2. The van der Waals surface area contributed by atoms with Gasteiger partial charge in [-0.05, 0) is 48.2 Å². The summed E-state index contributed by atoms with van der Waals surface area (Å²) in [5.74, 6) is 0.273. The van der Waals surface area contributed by atoms with Gasteiger partial charge in [-0.25, -0.2) is 0 Å². The molecule has 21 heavy (non-hydrogen) atoms. The fourth-order valence-electron chi connectivity index (χ4n) is 3.04. The van der Waals surface area contributed by atoms with Gasteiger partial charge in [-0.1, -0.05) is 30.3 Å². The number of Topliss-reactive ketones (excluding diaryl/α,β-unsaturated/α-hetero) is 1. The highest BCUT2D eigenvalue weighted by atomic mass is 16.1. The van der Waals surface area contributed by atoms with Crippen LogP contribution in [0, 0.1) is 6.92 Å². The minimum atomic E-state index is 0.273. The van der Waals surface area contributed by atoms with Crippen LogP contribution >= 0.6 is 0 Å². The fourth-order valence-corrected chi connectivity index (χ4v) is 3.04. The number of aryl methyl sites for hydroxylation is 2. The van der Waals surface area contributed by atoms with Crippen LogP contribution in [0.1, 0.15) is 28.0 Å². The Kier molecular flexibility index (Phi) is 2.64. The summed E-state index contributed by atoms with van der Waals surface area (Å²) < 4.78 is 0. The summed E-state index contributed by atoms with van der Waals surface area (Å²) in [7, 11) is 0. The summed E-state index contributed by atoms with van der Waals surface area (Å²) in [5, 5.41) is 1.15. The number of carbonyl (C=O) groups excluding carboxylic acids is 1. The number of benzene rings is 2. The van der Waals surface area contributed by atoms with Crippen LogP contribution in [-0.4, -0.2) is 10.8 Å². The molecule has 0 spiro atoms. The van der Waals surface area contributed by atoms with E-state index in [9.17, 15) is 4.79 Å². The van der Waals surface area contributed by atoms with Gasteiger partial charge in [0.1, 0.15) is 0 Å². The van der Waals surface area contributed by atoms with Gasteiger partial charge >= 0.3 is 0 Å². The van der Waals surface area contributed by atoms with Crippen LogP contribution in [0.5, 0.6) is 0 Å². The lowest BCUT2D eigenvalue weighted by atomic mass is 9.99. The van der Waals surface area contributed by atoms with Crippen molar-refractivity contribution in [2.24, 2.45) is 0 Å². The van der Waals surface area contributed by atoms with Crippen molar-refractivity contribution < 1.29 is 4.79 Å². The zero-order valence-corrected chi connectivity index (χ0v) is 11.9. The van der Waals surface area contributed by atoms with Gasteiger partial charge in [-0.3, -0.25) is 9.78 Å². The van der Waals surface area contributed by atoms with Crippen molar-refractivity contribution in [3.63, 3.8) is 0 Å². The number of ketones is 1. The molecule has 1 heterocycles. The van der Waals surface area contributed by atoms with E-state index in [-0.39, 0.29) is 5.78 Å². The third kappa shape index (κ3) is 2.04. The number of pyridine rings is 1. The van der Waals surface area contributed by atoms with Crippen LogP contribution in [-0.2, 0) is 6.42 Å². The van der Waals surface area contributed by atoms with Crippen molar-refractivity contribution in [2.45, 2.75) is 19.8 Å². The van der Waals surface area contributed by atoms with E-state index in [0.29, 0.717) is 6.42 Å². The molecule has 0 amide bonds. The molecule has 0 aliphatic heterocycles. The maximum absolute atomic E-state index is 11.7. The maximum Gasteiger partial charge on any atom is 0.163 e. The quantitative estimate of drug-likeness (QED) is 0.660. The zero-order chi connectivity index (χ0) is 14.4. The highest BCUT2D eigenvalue weighted by molar-refractivity contribution is 6.01. The Hall–Kier alpha value is -2.48. The molecular formula is C19H15NO. The summed E-state index contributed by atoms with van der Waals surface area (Å²) in [4.78, 5) is 16.2. The monoisotopic (exact) mass is 273 g/mol. The lowest BCUT2D eigenvalue weighted by Crippen LogP contribution is -1.91. The van der Waals surface area contributed by atoms with Gasteiger partial charge in [-0.15, -0.1) is 0 Å². The van der Waals surface area contributed by atoms with Gasteiger partial charge < -0.3 is 0 Å². The van der Waals surface area contributed by atoms with E-state index in [0.717, 1.165) is 28.6 Å². The highest BCUT2D eigenvalue weighted by Gasteiger charge is 2.19. The number of rotatable bonds is 1. The van der Waals surface area contributed by atoms with Gasteiger partial charge in [0.15, 0.2) is 5.78 Å². The first kappa shape index (κ1) is 12.3. The first-order chi connectivity index (χ1) is 10.2. The SMILES string of the molecule is Cc1ccc2cc(-c3ccc4c(c3)CCC4=O)ccc2n1. The van der Waals surface area contributed by atoms with E-state index in [2.05, 4.69) is 35.3 Å². The fraction of sp³-hybridized carbons (Fsp3) is 0.158. The van der Waals surface area contributed by atoms with Crippen molar-refractivity contribution in [3.8, 4) is 11.1 Å². The summed E-state index contributed by atoms with van der Waals surface area (Å²) in [5.41, 5.74) is 6.49. The second-order valence-electron chi connectivity index (χ2n) is 5.66. The Morgan fingerprint density at radius 1 is 0.905 bits per heavy atom. The molecule has 0 radical (unpaired) electrons. The van der Waals surface area contributed by atoms with E-state index in [4.69, 9.17) is 0 Å². The normalized spacial score (nSPS) is 13.7. The Labute approximate surface area is 123 Å². The van der Waals surface area contributed by atoms with E-state index in [1.165, 1.54) is 16.7 Å². The lowest BCUT2D eigenvalue weighted by Gasteiger charge is -2.06. The lowest BCUT2D eigenvalue weighted by molar-refractivity contribution is 0.0994. The molecule has 0 N–H and O–H groups in total. The highest BCUT2D eigenvalue weighted by Crippen LogP contribution is 2.29. The van der Waals surface area contributed by atoms with Crippen molar-refractivity contribution in [3.05, 3.63) is 65.4 Å². The molecule has 2 heteroatoms. The number of carbonyl (C=O) groups is 1. The first-order valence-electron chi connectivity index (χ1n) is 7.25. The molecule has 0 fully saturated rings. The minimum absolute atomic E-state index is 0.273. The molecule has 1 aromatic heterocycles. The first-order valence-corrected chi connectivity index (χ1v) is 7.25. The van der Waals surface area contributed by atoms with Crippen molar-refractivity contribution in [2.75, 3.05) is 0 Å². The molecule has 102 valence electrons. The second-order valence-corrected chi connectivity index (χ2v) is 5.66. The van der Waals surface area contributed by atoms with E-state index >= 15 is 0 Å². The molecule has 3 aromatic rings. The number of nitrogens with zero attached hydrogens (tertiary/aromatic N) is 1. The Morgan fingerprint density at radius 2 is 1.71 bits per heavy atom. The largest absolute Gasteiger partial charge is 0.294 e. The van der Waals surface area contributed by atoms with Gasteiger partial charge in [0, 0.05) is 23.1 Å². The Morgan fingerprint density at radius 3 is 2.62 bits per heavy atom. The van der Waals surface area contributed by atoms with Crippen LogP contribution in [0.2, 0.25) is 0 Å². The number of hydrogen-bond donors (Lipinski definition) is 0. The molecule has 1 aliphatic rings. The number of aromatic nitrogens is 1. The summed E-state index contributed by atoms with van der Waals surface area (Å²) in [6.07, 6.45) is 1.52. The molecule has 0 saturated carbocycles. The van der Waals surface area contributed by atoms with Crippen molar-refractivity contribution in [1.82, 2.24) is 4.98 Å². The van der Waals surface area contributed by atoms with Crippen molar-refractivity contribution >= 4 is 16.7 Å². The molecule has 0 atom stereocenters. The topological polar surface area (TPSA) is 30.0 Å². The average Bonchev–Trinajstić information content (AvgIpc) is 2.87. The second kappa shape index (κ2) is 4.52. The standard InChI is InChI=1S/C19H15NO/c1-12-2-3-16-11-14(5-8-18(16)20-12)13-4-7-17-15(10-13)6-9-19(17)21/h2-5,7-8,10-11H,6,9H2,1H3. The van der Waals surface area contributed by atoms with Gasteiger partial charge in [-0.2, -0.15) is 0 Å². The maximum atomic E-state index is 11.7. The van der Waals surface area contributed by atoms with Crippen LogP contribution in [0.25, 0.3) is 22.0 Å². The van der Waals surface area contributed by atoms with Gasteiger partial charge in [0.2, 0.25) is 0 Å². The molecule has 0 unspecified atom stereocenters.